The van der Waals surface area contributed by atoms with E-state index in [9.17, 15) is 13.2 Å². The molecule has 0 saturated carbocycles. The molecule has 202 valence electrons. The first kappa shape index (κ1) is 27.2. The number of anilines is 1. The van der Waals surface area contributed by atoms with Gasteiger partial charge in [0.15, 0.2) is 0 Å². The molecule has 0 spiro atoms. The number of piperazine rings is 1. The number of carbonyl (C=O) groups is 1. The molecule has 8 nitrogen and oxygen atoms in total. The van der Waals surface area contributed by atoms with E-state index in [0.29, 0.717) is 59.2 Å². The molecule has 0 atom stereocenters. The van der Waals surface area contributed by atoms with Crippen LogP contribution in [0.1, 0.15) is 15.9 Å². The average molecular weight is 586 g/mol. The molecule has 0 radical (unpaired) electrons. The Morgan fingerprint density at radius 2 is 1.77 bits per heavy atom. The van der Waals surface area contributed by atoms with Crippen LogP contribution in [0, 0.1) is 0 Å². The fourth-order valence-electron chi connectivity index (χ4n) is 4.58. The zero-order chi connectivity index (χ0) is 27.6. The number of hydrogen-bond donors (Lipinski definition) is 1. The van der Waals surface area contributed by atoms with Gasteiger partial charge in [0, 0.05) is 59.9 Å². The number of sulfonamides is 1. The van der Waals surface area contributed by atoms with Gasteiger partial charge < -0.3 is 9.64 Å². The molecule has 1 aromatic heterocycles. The number of nitrogens with one attached hydrogen (secondary N) is 1. The van der Waals surface area contributed by atoms with Crippen molar-refractivity contribution >= 4 is 55.7 Å². The number of halogens is 2. The highest BCUT2D eigenvalue weighted by atomic mass is 35.5. The number of benzene rings is 3. The number of methoxy groups -OCH3 is 1. The summed E-state index contributed by atoms with van der Waals surface area (Å²) < 4.78 is 34.5. The lowest BCUT2D eigenvalue weighted by Gasteiger charge is -2.35. The Morgan fingerprint density at radius 3 is 2.51 bits per heavy atom. The first-order valence-corrected chi connectivity index (χ1v) is 14.5. The van der Waals surface area contributed by atoms with Crippen LogP contribution in [0.3, 0.4) is 0 Å². The van der Waals surface area contributed by atoms with E-state index in [1.807, 2.05) is 12.1 Å². The lowest BCUT2D eigenvalue weighted by molar-refractivity contribution is 0.0628. The Morgan fingerprint density at radius 1 is 1.00 bits per heavy atom. The molecule has 0 aliphatic carbocycles. The third-order valence-electron chi connectivity index (χ3n) is 6.65. The van der Waals surface area contributed by atoms with Crippen molar-refractivity contribution in [2.24, 2.45) is 0 Å². The molecule has 1 aliphatic rings. The van der Waals surface area contributed by atoms with Crippen LogP contribution >= 0.6 is 23.2 Å². The minimum absolute atomic E-state index is 0.0561. The molecule has 0 bridgehead atoms. The number of rotatable bonds is 7. The third-order valence-corrected chi connectivity index (χ3v) is 8.63. The molecule has 5 rings (SSSR count). The molecule has 1 saturated heterocycles. The van der Waals surface area contributed by atoms with Crippen molar-refractivity contribution in [1.82, 2.24) is 14.8 Å². The smallest absolute Gasteiger partial charge is 0.264 e. The zero-order valence-corrected chi connectivity index (χ0v) is 23.4. The van der Waals surface area contributed by atoms with Crippen LogP contribution in [0.4, 0.5) is 5.69 Å². The van der Waals surface area contributed by atoms with Crippen LogP contribution in [0.15, 0.2) is 77.8 Å². The molecule has 4 aromatic rings. The highest BCUT2D eigenvalue weighted by Gasteiger charge is 2.25. The zero-order valence-electron chi connectivity index (χ0n) is 21.1. The fourth-order valence-corrected chi connectivity index (χ4v) is 6.30. The average Bonchev–Trinajstić information content (AvgIpc) is 2.94. The van der Waals surface area contributed by atoms with E-state index in [0.717, 1.165) is 5.56 Å². The first-order chi connectivity index (χ1) is 18.7. The van der Waals surface area contributed by atoms with E-state index in [4.69, 9.17) is 27.9 Å². The van der Waals surface area contributed by atoms with E-state index in [1.54, 1.807) is 59.6 Å². The number of amides is 1. The van der Waals surface area contributed by atoms with Crippen molar-refractivity contribution in [1.29, 1.82) is 0 Å². The second-order valence-electron chi connectivity index (χ2n) is 9.16. The van der Waals surface area contributed by atoms with Crippen LogP contribution in [0.2, 0.25) is 10.0 Å². The third kappa shape index (κ3) is 5.96. The van der Waals surface area contributed by atoms with Crippen molar-refractivity contribution in [2.45, 2.75) is 11.4 Å². The molecular weight excluding hydrogens is 559 g/mol. The summed E-state index contributed by atoms with van der Waals surface area (Å²) in [4.78, 5) is 21.6. The quantitative estimate of drug-likeness (QED) is 0.316. The summed E-state index contributed by atoms with van der Waals surface area (Å²) in [5.41, 5.74) is 2.00. The number of carbonyl (C=O) groups excluding carboxylic acids is 1. The maximum absolute atomic E-state index is 13.3. The van der Waals surface area contributed by atoms with Gasteiger partial charge >= 0.3 is 0 Å². The highest BCUT2D eigenvalue weighted by molar-refractivity contribution is 7.93. The van der Waals surface area contributed by atoms with Gasteiger partial charge in [-0.1, -0.05) is 47.5 Å². The topological polar surface area (TPSA) is 91.8 Å². The van der Waals surface area contributed by atoms with Crippen LogP contribution in [0.5, 0.6) is 5.75 Å². The minimum atomic E-state index is -3.97. The Bertz CT molecular complexity index is 1630. The normalized spacial score (nSPS) is 14.4. The largest absolute Gasteiger partial charge is 0.495 e. The minimum Gasteiger partial charge on any atom is -0.495 e. The summed E-state index contributed by atoms with van der Waals surface area (Å²) in [6.07, 6.45) is 1.55. The number of aromatic nitrogens is 1. The lowest BCUT2D eigenvalue weighted by Crippen LogP contribution is -2.48. The van der Waals surface area contributed by atoms with Crippen LogP contribution in [0.25, 0.3) is 10.9 Å². The second kappa shape index (κ2) is 11.4. The van der Waals surface area contributed by atoms with E-state index in [1.165, 1.54) is 13.2 Å². The van der Waals surface area contributed by atoms with Crippen LogP contribution in [-0.2, 0) is 16.6 Å². The van der Waals surface area contributed by atoms with E-state index >= 15 is 0 Å². The van der Waals surface area contributed by atoms with Gasteiger partial charge in [0.1, 0.15) is 10.6 Å². The molecule has 1 amide bonds. The molecule has 1 fully saturated rings. The Labute approximate surface area is 237 Å². The number of para-hydroxylation sites is 1. The summed E-state index contributed by atoms with van der Waals surface area (Å²) in [5, 5.41) is 1.93. The van der Waals surface area contributed by atoms with E-state index < -0.39 is 10.0 Å². The van der Waals surface area contributed by atoms with Crippen LogP contribution < -0.4 is 9.46 Å². The Hall–Kier alpha value is -3.37. The van der Waals surface area contributed by atoms with Gasteiger partial charge in [-0.3, -0.25) is 19.4 Å². The second-order valence-corrected chi connectivity index (χ2v) is 11.7. The maximum Gasteiger partial charge on any atom is 0.264 e. The molecule has 3 aromatic carbocycles. The van der Waals surface area contributed by atoms with Crippen molar-refractivity contribution in [3.63, 3.8) is 0 Å². The fraction of sp³-hybridized carbons (Fsp3) is 0.214. The first-order valence-electron chi connectivity index (χ1n) is 12.3. The van der Waals surface area contributed by atoms with Gasteiger partial charge in [-0.2, -0.15) is 0 Å². The highest BCUT2D eigenvalue weighted by Crippen LogP contribution is 2.30. The number of pyridine rings is 1. The van der Waals surface area contributed by atoms with Crippen molar-refractivity contribution < 1.29 is 17.9 Å². The Kier molecular flexibility index (Phi) is 7.95. The van der Waals surface area contributed by atoms with Gasteiger partial charge in [0.25, 0.3) is 15.9 Å². The molecule has 2 heterocycles. The van der Waals surface area contributed by atoms with Gasteiger partial charge in [0.2, 0.25) is 0 Å². The molecule has 39 heavy (non-hydrogen) atoms. The summed E-state index contributed by atoms with van der Waals surface area (Å²) >= 11 is 12.3. The standard InChI is InChI=1S/C28H26Cl2N4O4S/c1-38-25-16-20(28(35)34-14-12-33(13-15-34)18-21-7-9-22(29)17-23(21)30)8-10-24(25)32-39(36,37)26-6-2-4-19-5-3-11-31-27(19)26/h2-11,16-17,32H,12-15,18H2,1H3. The molecular formula is C28H26Cl2N4O4S. The van der Waals surface area contributed by atoms with Crippen molar-refractivity contribution in [3.8, 4) is 5.75 Å². The number of ether oxygens (including phenoxy) is 1. The van der Waals surface area contributed by atoms with Gasteiger partial charge in [-0.05, 0) is 48.0 Å². The summed E-state index contributed by atoms with van der Waals surface area (Å²) in [6.45, 7) is 3.16. The summed E-state index contributed by atoms with van der Waals surface area (Å²) in [7, 11) is -2.54. The van der Waals surface area contributed by atoms with Crippen molar-refractivity contribution in [3.05, 3.63) is 94.1 Å². The van der Waals surface area contributed by atoms with Crippen LogP contribution in [-0.4, -0.2) is 62.4 Å². The Balaban J connectivity index is 1.28. The molecule has 11 heteroatoms. The maximum atomic E-state index is 13.3. The van der Waals surface area contributed by atoms with Crippen molar-refractivity contribution in [2.75, 3.05) is 38.0 Å². The van der Waals surface area contributed by atoms with Gasteiger partial charge in [0.05, 0.1) is 18.3 Å². The molecule has 1 N–H and O–H groups in total. The number of nitrogens with zero attached hydrogens (tertiary/aromatic N) is 3. The molecule has 1 aliphatic heterocycles. The van der Waals surface area contributed by atoms with E-state index in [-0.39, 0.29) is 22.2 Å². The summed E-state index contributed by atoms with van der Waals surface area (Å²) in [5.74, 6) is 0.0961. The van der Waals surface area contributed by atoms with Gasteiger partial charge in [-0.15, -0.1) is 0 Å². The number of fused-ring (bicyclic) bond motifs is 1. The van der Waals surface area contributed by atoms with E-state index in [2.05, 4.69) is 14.6 Å². The monoisotopic (exact) mass is 584 g/mol. The summed E-state index contributed by atoms with van der Waals surface area (Å²) in [6, 6.07) is 18.7. The van der Waals surface area contributed by atoms with Gasteiger partial charge in [-0.25, -0.2) is 8.42 Å². The SMILES string of the molecule is COc1cc(C(=O)N2CCN(Cc3ccc(Cl)cc3Cl)CC2)ccc1NS(=O)(=O)c1cccc2cccnc12. The number of hydrogen-bond acceptors (Lipinski definition) is 6. The predicted molar refractivity (Wildman–Crippen MR) is 153 cm³/mol. The molecule has 0 unspecified atom stereocenters. The lowest BCUT2D eigenvalue weighted by atomic mass is 10.1. The predicted octanol–water partition coefficient (Wildman–Crippen LogP) is 5.31.